The van der Waals surface area contributed by atoms with E-state index in [4.69, 9.17) is 4.74 Å². The Morgan fingerprint density at radius 2 is 2.05 bits per heavy atom. The van der Waals surface area contributed by atoms with Gasteiger partial charge in [-0.25, -0.2) is 14.8 Å². The van der Waals surface area contributed by atoms with Gasteiger partial charge in [0.25, 0.3) is 0 Å². The summed E-state index contributed by atoms with van der Waals surface area (Å²) >= 11 is 0. The Morgan fingerprint density at radius 1 is 1.32 bits per heavy atom. The van der Waals surface area contributed by atoms with Crippen LogP contribution in [0.25, 0.3) is 0 Å². The van der Waals surface area contributed by atoms with E-state index in [-0.39, 0.29) is 12.7 Å². The van der Waals surface area contributed by atoms with Crippen LogP contribution in [0.15, 0.2) is 6.07 Å². The summed E-state index contributed by atoms with van der Waals surface area (Å²) in [5.41, 5.74) is 1.44. The van der Waals surface area contributed by atoms with E-state index >= 15 is 0 Å². The molecule has 1 saturated heterocycles. The second kappa shape index (κ2) is 7.93. The molecule has 0 unspecified atom stereocenters. The Labute approximate surface area is 130 Å². The lowest BCUT2D eigenvalue weighted by atomic mass is 10.3. The maximum atomic E-state index is 11.9. The highest BCUT2D eigenvalue weighted by molar-refractivity contribution is 5.68. The van der Waals surface area contributed by atoms with Gasteiger partial charge in [-0.15, -0.1) is 0 Å². The third-order valence-electron chi connectivity index (χ3n) is 3.60. The number of anilines is 1. The summed E-state index contributed by atoms with van der Waals surface area (Å²) in [4.78, 5) is 24.4. The van der Waals surface area contributed by atoms with Gasteiger partial charge in [0.1, 0.15) is 0 Å². The summed E-state index contributed by atoms with van der Waals surface area (Å²) in [6.45, 7) is 6.85. The molecule has 0 spiro atoms. The third-order valence-corrected chi connectivity index (χ3v) is 3.60. The van der Waals surface area contributed by atoms with Crippen LogP contribution >= 0.6 is 0 Å². The van der Waals surface area contributed by atoms with Crippen molar-refractivity contribution in [2.45, 2.75) is 33.3 Å². The van der Waals surface area contributed by atoms with Crippen molar-refractivity contribution < 1.29 is 14.6 Å². The van der Waals surface area contributed by atoms with E-state index in [9.17, 15) is 9.90 Å². The molecule has 1 N–H and O–H groups in total. The molecule has 0 radical (unpaired) electrons. The molecule has 7 heteroatoms. The second-order valence-electron chi connectivity index (χ2n) is 5.40. The minimum atomic E-state index is -0.241. The number of unbranched alkanes of at least 4 members (excludes halogenated alkanes) is 1. The first kappa shape index (κ1) is 16.5. The third kappa shape index (κ3) is 4.30. The fourth-order valence-electron chi connectivity index (χ4n) is 2.32. The molecule has 0 bridgehead atoms. The van der Waals surface area contributed by atoms with Gasteiger partial charge in [-0.3, -0.25) is 0 Å². The van der Waals surface area contributed by atoms with Crippen LogP contribution in [-0.4, -0.2) is 58.9 Å². The number of aromatic nitrogens is 2. The van der Waals surface area contributed by atoms with Crippen LogP contribution in [0.4, 0.5) is 10.7 Å². The average molecular weight is 308 g/mol. The largest absolute Gasteiger partial charge is 0.449 e. The van der Waals surface area contributed by atoms with Crippen molar-refractivity contribution in [3.05, 3.63) is 17.5 Å². The molecule has 7 nitrogen and oxygen atoms in total. The predicted octanol–water partition coefficient (Wildman–Crippen LogP) is 1.34. The number of aliphatic hydroxyl groups excluding tert-OH is 1. The number of aliphatic hydroxyl groups is 1. The van der Waals surface area contributed by atoms with Gasteiger partial charge in [-0.1, -0.05) is 13.3 Å². The van der Waals surface area contributed by atoms with Gasteiger partial charge in [-0.2, -0.15) is 0 Å². The number of amides is 1. The summed E-state index contributed by atoms with van der Waals surface area (Å²) in [6.07, 6.45) is 1.67. The standard InChI is InChI=1S/C15H24N4O3/c1-3-4-9-22-15(21)19-7-5-18(6-8-19)14-16-12(2)10-13(11-20)17-14/h10,20H,3-9,11H2,1-2H3. The second-order valence-corrected chi connectivity index (χ2v) is 5.40. The van der Waals surface area contributed by atoms with Crippen molar-refractivity contribution >= 4 is 12.0 Å². The van der Waals surface area contributed by atoms with Gasteiger partial charge in [0, 0.05) is 31.9 Å². The molecule has 22 heavy (non-hydrogen) atoms. The Hall–Kier alpha value is -1.89. The highest BCUT2D eigenvalue weighted by Gasteiger charge is 2.23. The number of rotatable bonds is 5. The first-order valence-corrected chi connectivity index (χ1v) is 7.76. The molecule has 0 aliphatic carbocycles. The van der Waals surface area contributed by atoms with Gasteiger partial charge in [-0.05, 0) is 19.4 Å². The molecule has 0 aromatic carbocycles. The van der Waals surface area contributed by atoms with Crippen LogP contribution in [0.3, 0.4) is 0 Å². The summed E-state index contributed by atoms with van der Waals surface area (Å²) in [7, 11) is 0. The molecule has 1 aromatic rings. The molecular weight excluding hydrogens is 284 g/mol. The maximum Gasteiger partial charge on any atom is 0.409 e. The fourth-order valence-corrected chi connectivity index (χ4v) is 2.32. The van der Waals surface area contributed by atoms with Gasteiger partial charge >= 0.3 is 6.09 Å². The first-order chi connectivity index (χ1) is 10.6. The number of ether oxygens (including phenoxy) is 1. The van der Waals surface area contributed by atoms with Crippen molar-refractivity contribution in [3.63, 3.8) is 0 Å². The van der Waals surface area contributed by atoms with Gasteiger partial charge in [0.15, 0.2) is 0 Å². The lowest BCUT2D eigenvalue weighted by Crippen LogP contribution is -2.49. The molecule has 2 heterocycles. The normalized spacial score (nSPS) is 15.0. The molecule has 1 amide bonds. The van der Waals surface area contributed by atoms with E-state index in [1.807, 2.05) is 11.8 Å². The summed E-state index contributed by atoms with van der Waals surface area (Å²) in [6, 6.07) is 1.77. The zero-order valence-electron chi connectivity index (χ0n) is 13.3. The molecule has 1 aromatic heterocycles. The van der Waals surface area contributed by atoms with Crippen molar-refractivity contribution in [2.24, 2.45) is 0 Å². The molecule has 0 atom stereocenters. The van der Waals surface area contributed by atoms with Crippen molar-refractivity contribution in [1.82, 2.24) is 14.9 Å². The van der Waals surface area contributed by atoms with Gasteiger partial charge in [0.2, 0.25) is 5.95 Å². The Morgan fingerprint density at radius 3 is 2.68 bits per heavy atom. The zero-order chi connectivity index (χ0) is 15.9. The maximum absolute atomic E-state index is 11.9. The summed E-state index contributed by atoms with van der Waals surface area (Å²) in [5.74, 6) is 0.614. The number of carbonyl (C=O) groups excluding carboxylic acids is 1. The highest BCUT2D eigenvalue weighted by atomic mass is 16.6. The zero-order valence-corrected chi connectivity index (χ0v) is 13.3. The number of hydrogen-bond donors (Lipinski definition) is 1. The van der Waals surface area contributed by atoms with Crippen LogP contribution in [-0.2, 0) is 11.3 Å². The van der Waals surface area contributed by atoms with E-state index in [0.717, 1.165) is 18.5 Å². The minimum absolute atomic E-state index is 0.0971. The van der Waals surface area contributed by atoms with Crippen molar-refractivity contribution in [2.75, 3.05) is 37.7 Å². The molecule has 1 aliphatic rings. The van der Waals surface area contributed by atoms with Crippen molar-refractivity contribution in [1.29, 1.82) is 0 Å². The fraction of sp³-hybridized carbons (Fsp3) is 0.667. The highest BCUT2D eigenvalue weighted by Crippen LogP contribution is 2.14. The SMILES string of the molecule is CCCCOC(=O)N1CCN(c2nc(C)cc(CO)n2)CC1. The number of piperazine rings is 1. The van der Waals surface area contributed by atoms with E-state index in [2.05, 4.69) is 16.9 Å². The Kier molecular flexibility index (Phi) is 5.94. The quantitative estimate of drug-likeness (QED) is 0.827. The Bertz CT molecular complexity index is 502. The average Bonchev–Trinajstić information content (AvgIpc) is 2.54. The summed E-state index contributed by atoms with van der Waals surface area (Å²) in [5, 5.41) is 9.22. The van der Waals surface area contributed by atoms with Gasteiger partial charge in [0.05, 0.1) is 18.9 Å². The lowest BCUT2D eigenvalue weighted by molar-refractivity contribution is 0.0988. The van der Waals surface area contributed by atoms with E-state index in [1.54, 1.807) is 11.0 Å². The lowest BCUT2D eigenvalue weighted by Gasteiger charge is -2.34. The van der Waals surface area contributed by atoms with E-state index < -0.39 is 0 Å². The topological polar surface area (TPSA) is 78.8 Å². The van der Waals surface area contributed by atoms with Crippen LogP contribution in [0.5, 0.6) is 0 Å². The molecule has 0 saturated carbocycles. The Balaban J connectivity index is 1.89. The monoisotopic (exact) mass is 308 g/mol. The summed E-state index contributed by atoms with van der Waals surface area (Å²) < 4.78 is 5.22. The molecule has 122 valence electrons. The van der Waals surface area contributed by atoms with Crippen molar-refractivity contribution in [3.8, 4) is 0 Å². The molecule has 1 fully saturated rings. The number of carbonyl (C=O) groups is 1. The first-order valence-electron chi connectivity index (χ1n) is 7.76. The van der Waals surface area contributed by atoms with E-state index in [0.29, 0.717) is 44.4 Å². The smallest absolute Gasteiger partial charge is 0.409 e. The molecule has 1 aliphatic heterocycles. The van der Waals surface area contributed by atoms with Gasteiger partial charge < -0.3 is 19.6 Å². The van der Waals surface area contributed by atoms with Crippen LogP contribution < -0.4 is 4.90 Å². The van der Waals surface area contributed by atoms with Crippen LogP contribution in [0.1, 0.15) is 31.2 Å². The molecular formula is C15H24N4O3. The van der Waals surface area contributed by atoms with Crippen LogP contribution in [0.2, 0.25) is 0 Å². The predicted molar refractivity (Wildman–Crippen MR) is 82.7 cm³/mol. The van der Waals surface area contributed by atoms with Crippen LogP contribution in [0, 0.1) is 6.92 Å². The number of hydrogen-bond acceptors (Lipinski definition) is 6. The minimum Gasteiger partial charge on any atom is -0.449 e. The number of nitrogens with zero attached hydrogens (tertiary/aromatic N) is 4. The molecule has 2 rings (SSSR count). The van der Waals surface area contributed by atoms with E-state index in [1.165, 1.54) is 0 Å². The number of aryl methyl sites for hydroxylation is 1.